The zero-order valence-electron chi connectivity index (χ0n) is 32.3. The fraction of sp³-hybridized carbons (Fsp3) is 0.452. The minimum Gasteiger partial charge on any atom is -0.497 e. The molecule has 2 fully saturated rings. The molecule has 1 unspecified atom stereocenters. The fourth-order valence-corrected chi connectivity index (χ4v) is 7.63. The van der Waals surface area contributed by atoms with Crippen molar-refractivity contribution in [3.63, 3.8) is 0 Å². The van der Waals surface area contributed by atoms with E-state index < -0.39 is 53.2 Å². The first-order valence-electron chi connectivity index (χ1n) is 18.6. The molecular formula is C42H52N4O8S. The molecule has 1 saturated heterocycles. The van der Waals surface area contributed by atoms with Crippen molar-refractivity contribution in [3.8, 4) is 22.8 Å². The highest BCUT2D eigenvalue weighted by Gasteiger charge is 2.62. The van der Waals surface area contributed by atoms with Crippen molar-refractivity contribution in [1.29, 1.82) is 0 Å². The van der Waals surface area contributed by atoms with Crippen molar-refractivity contribution in [2.45, 2.75) is 82.7 Å². The predicted molar refractivity (Wildman–Crippen MR) is 214 cm³/mol. The number of hydrogen-bond acceptors (Lipinski definition) is 10. The van der Waals surface area contributed by atoms with Crippen LogP contribution in [0.3, 0.4) is 0 Å². The maximum atomic E-state index is 14.6. The molecule has 1 aromatic heterocycles. The topological polar surface area (TPSA) is 145 Å². The van der Waals surface area contributed by atoms with E-state index in [0.717, 1.165) is 29.5 Å². The quantitative estimate of drug-likeness (QED) is 0.0889. The molecule has 5 rings (SSSR count). The SMILES string of the molecule is C=CCCCSC[C@H](NC(=O)OC(C)(C)C)C(=O)N1C[C@H](Oc2cc(-c3ccccc3)nc3cc(OC)ccc23)C[C@H]1C(=O)N[C@]1(C(=O)OCC)CC1C=C. The van der Waals surface area contributed by atoms with Gasteiger partial charge in [-0.15, -0.1) is 13.2 Å². The molecule has 2 aliphatic rings. The largest absolute Gasteiger partial charge is 0.497 e. The number of unbranched alkanes of at least 4 members (excludes halogenated alkanes) is 1. The molecule has 2 heterocycles. The second-order valence-electron chi connectivity index (χ2n) is 14.7. The number of carbonyl (C=O) groups excluding carboxylic acids is 4. The number of hydrogen-bond donors (Lipinski definition) is 2. The minimum atomic E-state index is -1.28. The smallest absolute Gasteiger partial charge is 0.408 e. The molecular weight excluding hydrogens is 721 g/mol. The molecule has 12 nitrogen and oxygen atoms in total. The minimum absolute atomic E-state index is 0.0302. The number of esters is 1. The van der Waals surface area contributed by atoms with Crippen LogP contribution in [0.25, 0.3) is 22.2 Å². The Morgan fingerprint density at radius 3 is 2.53 bits per heavy atom. The summed E-state index contributed by atoms with van der Waals surface area (Å²) in [5.74, 6) is 0.254. The maximum absolute atomic E-state index is 14.6. The Bertz CT molecular complexity index is 1880. The number of allylic oxidation sites excluding steroid dienone is 1. The van der Waals surface area contributed by atoms with Gasteiger partial charge in [-0.05, 0) is 64.8 Å². The predicted octanol–water partition coefficient (Wildman–Crippen LogP) is 6.48. The molecule has 2 aromatic carbocycles. The van der Waals surface area contributed by atoms with Crippen molar-refractivity contribution in [2.24, 2.45) is 5.92 Å². The van der Waals surface area contributed by atoms with Gasteiger partial charge in [0.15, 0.2) is 0 Å². The third-order valence-corrected chi connectivity index (χ3v) is 10.6. The summed E-state index contributed by atoms with van der Waals surface area (Å²) in [4.78, 5) is 61.5. The maximum Gasteiger partial charge on any atom is 0.408 e. The normalized spacial score (nSPS) is 20.9. The summed E-state index contributed by atoms with van der Waals surface area (Å²) in [7, 11) is 1.59. The van der Waals surface area contributed by atoms with Crippen LogP contribution in [0.15, 0.2) is 79.9 Å². The van der Waals surface area contributed by atoms with Gasteiger partial charge in [-0.2, -0.15) is 11.8 Å². The number of methoxy groups -OCH3 is 1. The molecule has 294 valence electrons. The van der Waals surface area contributed by atoms with Crippen molar-refractivity contribution >= 4 is 46.5 Å². The van der Waals surface area contributed by atoms with E-state index in [1.54, 1.807) is 40.9 Å². The number of carbonyl (C=O) groups is 4. The second kappa shape index (κ2) is 18.1. The molecule has 1 aliphatic heterocycles. The highest BCUT2D eigenvalue weighted by Crippen LogP contribution is 2.46. The van der Waals surface area contributed by atoms with Crippen LogP contribution in [0.2, 0.25) is 0 Å². The van der Waals surface area contributed by atoms with E-state index >= 15 is 0 Å². The molecule has 1 saturated carbocycles. The number of amides is 3. The van der Waals surface area contributed by atoms with Crippen LogP contribution in [0, 0.1) is 5.92 Å². The van der Waals surface area contributed by atoms with Gasteiger partial charge < -0.3 is 34.5 Å². The van der Waals surface area contributed by atoms with E-state index in [4.69, 9.17) is 23.9 Å². The van der Waals surface area contributed by atoms with Crippen LogP contribution in [0.5, 0.6) is 11.5 Å². The Balaban J connectivity index is 1.49. The van der Waals surface area contributed by atoms with E-state index in [9.17, 15) is 19.2 Å². The third kappa shape index (κ3) is 10.2. The Morgan fingerprint density at radius 2 is 1.87 bits per heavy atom. The van der Waals surface area contributed by atoms with E-state index in [1.165, 1.54) is 16.7 Å². The Hall–Kier alpha value is -5.04. The number of fused-ring (bicyclic) bond motifs is 1. The van der Waals surface area contributed by atoms with Crippen LogP contribution >= 0.6 is 11.8 Å². The molecule has 3 amide bonds. The van der Waals surface area contributed by atoms with Gasteiger partial charge in [0, 0.05) is 41.2 Å². The zero-order chi connectivity index (χ0) is 39.8. The number of pyridine rings is 1. The number of benzene rings is 2. The third-order valence-electron chi connectivity index (χ3n) is 9.45. The standard InChI is InChI=1S/C42H52N4O8S/c1-8-11-15-20-55-26-34(44-40(50)54-41(4,5)6)38(48)46-25-30(22-35(46)37(47)45-42(24-28(42)9-2)39(49)52-10-3)53-36-23-32(27-16-13-12-14-17-27)43-33-21-29(51-7)18-19-31(33)36/h8-9,12-14,16-19,21,23,28,30,34-35H,1-2,10-11,15,20,22,24-26H2,3-7H3,(H,44,50)(H,45,47)/t28?,30-,34+,35+,42-/m1/s1. The lowest BCUT2D eigenvalue weighted by Gasteiger charge is -2.30. The van der Waals surface area contributed by atoms with Crippen LogP contribution in [0.4, 0.5) is 4.79 Å². The number of rotatable bonds is 17. The highest BCUT2D eigenvalue weighted by atomic mass is 32.2. The number of nitrogens with zero attached hydrogens (tertiary/aromatic N) is 2. The Labute approximate surface area is 327 Å². The molecule has 55 heavy (non-hydrogen) atoms. The molecule has 3 aromatic rings. The number of alkyl carbamates (subject to hydrolysis) is 1. The van der Waals surface area contributed by atoms with Gasteiger partial charge in [0.05, 0.1) is 31.5 Å². The first kappa shape index (κ1) is 41.1. The summed E-state index contributed by atoms with van der Waals surface area (Å²) in [6, 6.07) is 15.0. The van der Waals surface area contributed by atoms with E-state index in [1.807, 2.05) is 60.7 Å². The molecule has 0 radical (unpaired) electrons. The number of aromatic nitrogens is 1. The zero-order valence-corrected chi connectivity index (χ0v) is 33.1. The molecule has 13 heteroatoms. The van der Waals surface area contributed by atoms with Crippen LogP contribution in [-0.4, -0.2) is 94.9 Å². The van der Waals surface area contributed by atoms with Crippen molar-refractivity contribution in [2.75, 3.05) is 31.8 Å². The van der Waals surface area contributed by atoms with Crippen LogP contribution < -0.4 is 20.1 Å². The van der Waals surface area contributed by atoms with Gasteiger partial charge in [-0.1, -0.05) is 42.5 Å². The molecule has 1 aliphatic carbocycles. The monoisotopic (exact) mass is 772 g/mol. The summed E-state index contributed by atoms with van der Waals surface area (Å²) in [6.07, 6.45) is 4.18. The van der Waals surface area contributed by atoms with Gasteiger partial charge in [0.1, 0.15) is 40.8 Å². The average Bonchev–Trinajstić information content (AvgIpc) is 3.72. The van der Waals surface area contributed by atoms with Gasteiger partial charge in [-0.3, -0.25) is 9.59 Å². The number of ether oxygens (including phenoxy) is 4. The summed E-state index contributed by atoms with van der Waals surface area (Å²) in [5, 5.41) is 6.42. The number of likely N-dealkylation sites (tertiary alicyclic amines) is 1. The highest BCUT2D eigenvalue weighted by molar-refractivity contribution is 7.99. The summed E-state index contributed by atoms with van der Waals surface area (Å²) in [5.41, 5.74) is 0.124. The van der Waals surface area contributed by atoms with Crippen LogP contribution in [-0.2, 0) is 23.9 Å². The summed E-state index contributed by atoms with van der Waals surface area (Å²) < 4.78 is 23.1. The lowest BCUT2D eigenvalue weighted by atomic mass is 10.1. The molecule has 5 atom stereocenters. The van der Waals surface area contributed by atoms with Gasteiger partial charge >= 0.3 is 12.1 Å². The Kier molecular flexibility index (Phi) is 13.5. The molecule has 0 bridgehead atoms. The first-order valence-corrected chi connectivity index (χ1v) is 19.8. The molecule has 2 N–H and O–H groups in total. The number of nitrogens with one attached hydrogen (secondary N) is 2. The summed E-state index contributed by atoms with van der Waals surface area (Å²) in [6.45, 7) is 14.7. The first-order chi connectivity index (χ1) is 26.3. The Morgan fingerprint density at radius 1 is 1.11 bits per heavy atom. The lowest BCUT2D eigenvalue weighted by Crippen LogP contribution is -2.57. The van der Waals surface area contributed by atoms with Gasteiger partial charge in [-0.25, -0.2) is 14.6 Å². The van der Waals surface area contributed by atoms with E-state index in [0.29, 0.717) is 29.1 Å². The van der Waals surface area contributed by atoms with Crippen LogP contribution in [0.1, 0.15) is 53.4 Å². The second-order valence-corrected chi connectivity index (χ2v) is 15.8. The average molecular weight is 773 g/mol. The van der Waals surface area contributed by atoms with Crippen molar-refractivity contribution in [1.82, 2.24) is 20.5 Å². The number of thioether (sulfide) groups is 1. The van der Waals surface area contributed by atoms with Crippen molar-refractivity contribution in [3.05, 3.63) is 79.9 Å². The van der Waals surface area contributed by atoms with Gasteiger partial charge in [0.2, 0.25) is 11.8 Å². The van der Waals surface area contributed by atoms with Gasteiger partial charge in [0.25, 0.3) is 0 Å². The van der Waals surface area contributed by atoms with E-state index in [2.05, 4.69) is 23.8 Å². The lowest BCUT2D eigenvalue weighted by molar-refractivity contribution is -0.150. The van der Waals surface area contributed by atoms with Crippen molar-refractivity contribution < 1.29 is 38.1 Å². The molecule has 0 spiro atoms. The fourth-order valence-electron chi connectivity index (χ4n) is 6.63. The summed E-state index contributed by atoms with van der Waals surface area (Å²) >= 11 is 1.51. The van der Waals surface area contributed by atoms with E-state index in [-0.39, 0.29) is 31.2 Å².